The van der Waals surface area contributed by atoms with Crippen LogP contribution in [0.5, 0.6) is 5.75 Å². The molecule has 2 saturated carbocycles. The molecule has 0 aromatic heterocycles. The first-order valence-corrected chi connectivity index (χ1v) is 11.9. The molecule has 1 amide bonds. The van der Waals surface area contributed by atoms with Crippen LogP contribution in [0.4, 0.5) is 0 Å². The maximum Gasteiger partial charge on any atom is 0.235 e. The van der Waals surface area contributed by atoms with Gasteiger partial charge in [-0.2, -0.15) is 0 Å². The van der Waals surface area contributed by atoms with Gasteiger partial charge in [0.2, 0.25) is 5.91 Å². The van der Waals surface area contributed by atoms with E-state index in [0.29, 0.717) is 11.1 Å². The number of phenolic OH excluding ortho intramolecular Hbond substituents is 1. The van der Waals surface area contributed by atoms with Crippen LogP contribution < -0.4 is 5.73 Å². The second kappa shape index (κ2) is 8.31. The molecule has 2 fully saturated rings. The van der Waals surface area contributed by atoms with E-state index < -0.39 is 69.5 Å². The van der Waals surface area contributed by atoms with Gasteiger partial charge in [0, 0.05) is 11.0 Å². The lowest BCUT2D eigenvalue weighted by Crippen LogP contribution is -2.79. The number of hydrogen-bond donors (Lipinski definition) is 4. The van der Waals surface area contributed by atoms with Crippen LogP contribution in [-0.2, 0) is 25.6 Å². The van der Waals surface area contributed by atoms with Crippen molar-refractivity contribution in [3.05, 3.63) is 28.8 Å². The average Bonchev–Trinajstić information content (AvgIpc) is 2.75. The summed E-state index contributed by atoms with van der Waals surface area (Å²) in [6.07, 6.45) is -0.991. The monoisotopic (exact) mass is 510 g/mol. The van der Waals surface area contributed by atoms with Gasteiger partial charge in [0.15, 0.2) is 34.7 Å². The highest BCUT2D eigenvalue weighted by Gasteiger charge is 2.76. The molecule has 196 valence electrons. The molecule has 4 rings (SSSR count). The molecule has 10 nitrogen and oxygen atoms in total. The number of fused-ring (bicyclic) bond motifs is 3. The molecule has 37 heavy (non-hydrogen) atoms. The van der Waals surface area contributed by atoms with Gasteiger partial charge in [0.05, 0.1) is 17.5 Å². The molecule has 0 heterocycles. The smallest absolute Gasteiger partial charge is 0.235 e. The van der Waals surface area contributed by atoms with Crippen LogP contribution in [-0.4, -0.2) is 81.1 Å². The molecular formula is C27H30N2O8. The highest BCUT2D eigenvalue weighted by molar-refractivity contribution is 6.33. The molecule has 1 aromatic carbocycles. The number of nitrogens with zero attached hydrogens (tertiary/aromatic N) is 1. The van der Waals surface area contributed by atoms with Crippen molar-refractivity contribution in [2.75, 3.05) is 14.1 Å². The maximum atomic E-state index is 14.1. The van der Waals surface area contributed by atoms with Crippen LogP contribution in [0.1, 0.15) is 48.7 Å². The number of carbonyl (C=O) groups is 5. The maximum absolute atomic E-state index is 14.1. The first-order valence-electron chi connectivity index (χ1n) is 11.9. The van der Waals surface area contributed by atoms with Gasteiger partial charge in [-0.3, -0.25) is 28.9 Å². The lowest BCUT2D eigenvalue weighted by molar-refractivity contribution is -0.203. The molecule has 10 heteroatoms. The predicted octanol–water partition coefficient (Wildman–Crippen LogP) is -0.620. The third-order valence-electron chi connectivity index (χ3n) is 8.29. The largest absolute Gasteiger partial charge is 0.507 e. The topological polar surface area (TPSA) is 175 Å². The predicted molar refractivity (Wildman–Crippen MR) is 129 cm³/mol. The van der Waals surface area contributed by atoms with Crippen molar-refractivity contribution in [3.63, 3.8) is 0 Å². The van der Waals surface area contributed by atoms with Crippen LogP contribution in [0.2, 0.25) is 0 Å². The Hall–Kier alpha value is -3.39. The summed E-state index contributed by atoms with van der Waals surface area (Å²) in [6, 6.07) is 1.54. The number of aliphatic hydroxyl groups is 2. The van der Waals surface area contributed by atoms with Crippen LogP contribution >= 0.6 is 0 Å². The number of primary amides is 1. The summed E-state index contributed by atoms with van der Waals surface area (Å²) in [5.74, 6) is -3.85. The number of benzene rings is 1. The Bertz CT molecular complexity index is 1340. The molecule has 3 aliphatic rings. The number of carbonyl (C=O) groups excluding carboxylic acids is 5. The van der Waals surface area contributed by atoms with Gasteiger partial charge in [-0.1, -0.05) is 25.7 Å². The first kappa shape index (κ1) is 26.7. The van der Waals surface area contributed by atoms with E-state index in [0.717, 1.165) is 0 Å². The Balaban J connectivity index is 1.98. The van der Waals surface area contributed by atoms with Crippen molar-refractivity contribution in [2.24, 2.45) is 28.4 Å². The Kier molecular flexibility index (Phi) is 5.99. The fourth-order valence-electron chi connectivity index (χ4n) is 7.02. The van der Waals surface area contributed by atoms with E-state index in [1.54, 1.807) is 6.92 Å². The zero-order chi connectivity index (χ0) is 27.8. The second-order valence-corrected chi connectivity index (χ2v) is 11.2. The summed E-state index contributed by atoms with van der Waals surface area (Å²) in [5, 5.41) is 32.1. The van der Waals surface area contributed by atoms with E-state index in [-0.39, 0.29) is 24.2 Å². The fourth-order valence-corrected chi connectivity index (χ4v) is 7.02. The SMILES string of the molecule is CC(O)C#Cc1ccc(O)c2c1C[C@@]1(C)C[C@@]3(C)[C@H](N(C)C)C(=O)C(C(N)=O)C(=O)[C@@]3(O)C(=O)C1C2=O. The number of aliphatic hydroxyl groups excluding tert-OH is 1. The molecular weight excluding hydrogens is 480 g/mol. The third kappa shape index (κ3) is 3.41. The van der Waals surface area contributed by atoms with E-state index in [4.69, 9.17) is 5.73 Å². The van der Waals surface area contributed by atoms with Crippen molar-refractivity contribution in [2.45, 2.75) is 51.4 Å². The van der Waals surface area contributed by atoms with E-state index in [9.17, 15) is 39.3 Å². The van der Waals surface area contributed by atoms with Gasteiger partial charge in [0.25, 0.3) is 0 Å². The number of phenols is 1. The Labute approximate surface area is 213 Å². The standard InChI is InChI=1S/C27H30N2O8/c1-12(30)6-7-13-8-9-15(31)16-14(13)10-25(2)11-26(3)21(29(4)5)20(33)17(24(28)36)22(34)27(26,37)23(35)18(25)19(16)32/h8-9,12,17-18,21,30-31,37H,10-11H2,1-5H3,(H2,28,36)/t12?,17?,18?,21-,25+,26+,27-/m1/s1. The Morgan fingerprint density at radius 2 is 1.78 bits per heavy atom. The van der Waals surface area contributed by atoms with E-state index in [1.165, 1.54) is 45.0 Å². The van der Waals surface area contributed by atoms with Crippen LogP contribution in [0.15, 0.2) is 12.1 Å². The van der Waals surface area contributed by atoms with Gasteiger partial charge < -0.3 is 21.1 Å². The molecule has 1 aromatic rings. The van der Waals surface area contributed by atoms with Gasteiger partial charge in [-0.05, 0) is 57.0 Å². The minimum atomic E-state index is -2.84. The number of nitrogens with two attached hydrogens (primary N) is 1. The second-order valence-electron chi connectivity index (χ2n) is 11.2. The highest BCUT2D eigenvalue weighted by atomic mass is 16.3. The van der Waals surface area contributed by atoms with E-state index >= 15 is 0 Å². The van der Waals surface area contributed by atoms with Crippen LogP contribution in [0.3, 0.4) is 0 Å². The number of likely N-dealkylation sites (N-methyl/N-ethyl adjacent to an activating group) is 1. The summed E-state index contributed by atoms with van der Waals surface area (Å²) in [4.78, 5) is 68.4. The molecule has 3 unspecified atom stereocenters. The molecule has 0 aliphatic heterocycles. The first-order chi connectivity index (χ1) is 17.0. The fraction of sp³-hybridized carbons (Fsp3) is 0.519. The molecule has 7 atom stereocenters. The van der Waals surface area contributed by atoms with Crippen LogP contribution in [0.25, 0.3) is 0 Å². The normalized spacial score (nSPS) is 35.7. The number of ketones is 4. The van der Waals surface area contributed by atoms with Crippen LogP contribution in [0, 0.1) is 34.5 Å². The zero-order valence-corrected chi connectivity index (χ0v) is 21.3. The molecule has 3 aliphatic carbocycles. The number of rotatable bonds is 2. The molecule has 0 bridgehead atoms. The molecule has 5 N–H and O–H groups in total. The number of Topliss-reactive ketones (excluding diaryl/α,β-unsaturated/α-hetero) is 4. The Morgan fingerprint density at radius 3 is 2.32 bits per heavy atom. The lowest BCUT2D eigenvalue weighted by Gasteiger charge is -2.61. The summed E-state index contributed by atoms with van der Waals surface area (Å²) in [5.41, 5.74) is 0.269. The van der Waals surface area contributed by atoms with Gasteiger partial charge in [-0.25, -0.2) is 0 Å². The van der Waals surface area contributed by atoms with Gasteiger partial charge >= 0.3 is 0 Å². The minimum Gasteiger partial charge on any atom is -0.507 e. The summed E-state index contributed by atoms with van der Waals surface area (Å²) in [7, 11) is 3.06. The van der Waals surface area contributed by atoms with Crippen molar-refractivity contribution >= 4 is 29.0 Å². The lowest BCUT2D eigenvalue weighted by atomic mass is 9.42. The number of amides is 1. The number of aromatic hydroxyl groups is 1. The number of hydrogen-bond acceptors (Lipinski definition) is 9. The third-order valence-corrected chi connectivity index (χ3v) is 8.29. The summed E-state index contributed by atoms with van der Waals surface area (Å²) >= 11 is 0. The highest BCUT2D eigenvalue weighted by Crippen LogP contribution is 2.61. The molecule has 0 radical (unpaired) electrons. The summed E-state index contributed by atoms with van der Waals surface area (Å²) < 4.78 is 0. The zero-order valence-electron chi connectivity index (χ0n) is 21.3. The average molecular weight is 511 g/mol. The van der Waals surface area contributed by atoms with Gasteiger partial charge in [-0.15, -0.1) is 0 Å². The van der Waals surface area contributed by atoms with Gasteiger partial charge in [0.1, 0.15) is 11.9 Å². The Morgan fingerprint density at radius 1 is 1.16 bits per heavy atom. The van der Waals surface area contributed by atoms with E-state index in [1.807, 2.05) is 0 Å². The molecule has 0 spiro atoms. The van der Waals surface area contributed by atoms with E-state index in [2.05, 4.69) is 11.8 Å². The summed E-state index contributed by atoms with van der Waals surface area (Å²) in [6.45, 7) is 4.58. The quantitative estimate of drug-likeness (QED) is 0.298. The minimum absolute atomic E-state index is 0.0656. The van der Waals surface area contributed by atoms with Crippen molar-refractivity contribution in [3.8, 4) is 17.6 Å². The van der Waals surface area contributed by atoms with Crippen molar-refractivity contribution in [1.29, 1.82) is 0 Å². The van der Waals surface area contributed by atoms with Crippen molar-refractivity contribution < 1.29 is 39.3 Å². The van der Waals surface area contributed by atoms with Crippen molar-refractivity contribution in [1.82, 2.24) is 4.90 Å². The molecule has 0 saturated heterocycles.